The molecule has 0 unspecified atom stereocenters. The Balaban J connectivity index is 3.11. The van der Waals surface area contributed by atoms with Gasteiger partial charge in [0.1, 0.15) is 6.04 Å². The SMILES string of the molecule is CC(C)(S)[C@H](NS(=O)(=O)c1ccc([N+](=O)[O-])cc1)C(=O)O. The number of nitrogens with one attached hydrogen (secondary N) is 1. The first kappa shape index (κ1) is 17.4. The molecule has 0 heterocycles. The molecule has 0 radical (unpaired) electrons. The summed E-state index contributed by atoms with van der Waals surface area (Å²) in [5, 5.41) is 19.6. The van der Waals surface area contributed by atoms with Crippen molar-refractivity contribution in [2.45, 2.75) is 29.5 Å². The molecule has 1 atom stereocenters. The van der Waals surface area contributed by atoms with Crippen LogP contribution < -0.4 is 4.72 Å². The maximum atomic E-state index is 12.1. The molecule has 2 N–H and O–H groups in total. The number of hydrogen-bond acceptors (Lipinski definition) is 6. The van der Waals surface area contributed by atoms with Crippen molar-refractivity contribution in [3.05, 3.63) is 34.4 Å². The maximum absolute atomic E-state index is 12.1. The van der Waals surface area contributed by atoms with Crippen molar-refractivity contribution in [3.63, 3.8) is 0 Å². The minimum absolute atomic E-state index is 0.266. The second kappa shape index (κ2) is 6.00. The van der Waals surface area contributed by atoms with Crippen molar-refractivity contribution in [1.82, 2.24) is 4.72 Å². The first-order valence-electron chi connectivity index (χ1n) is 5.67. The van der Waals surface area contributed by atoms with Gasteiger partial charge in [-0.1, -0.05) is 0 Å². The van der Waals surface area contributed by atoms with Crippen LogP contribution in [0.4, 0.5) is 5.69 Å². The summed E-state index contributed by atoms with van der Waals surface area (Å²) in [5.41, 5.74) is -0.266. The minimum Gasteiger partial charge on any atom is -0.480 e. The van der Waals surface area contributed by atoms with E-state index in [1.807, 2.05) is 4.72 Å². The van der Waals surface area contributed by atoms with Gasteiger partial charge in [-0.2, -0.15) is 17.4 Å². The molecule has 0 saturated heterocycles. The van der Waals surface area contributed by atoms with Crippen LogP contribution in [0.2, 0.25) is 0 Å². The lowest BCUT2D eigenvalue weighted by atomic mass is 10.1. The number of thiol groups is 1. The fourth-order valence-corrected chi connectivity index (χ4v) is 3.07. The van der Waals surface area contributed by atoms with Crippen LogP contribution in [0.25, 0.3) is 0 Å². The number of carbonyl (C=O) groups is 1. The predicted octanol–water partition coefficient (Wildman–Crippen LogP) is 1.03. The van der Waals surface area contributed by atoms with Crippen molar-refractivity contribution >= 4 is 34.3 Å². The van der Waals surface area contributed by atoms with Crippen molar-refractivity contribution in [1.29, 1.82) is 0 Å². The van der Waals surface area contributed by atoms with Gasteiger partial charge < -0.3 is 5.11 Å². The van der Waals surface area contributed by atoms with E-state index in [0.717, 1.165) is 24.3 Å². The summed E-state index contributed by atoms with van der Waals surface area (Å²) in [5.74, 6) is -1.37. The van der Waals surface area contributed by atoms with Crippen molar-refractivity contribution in [2.75, 3.05) is 0 Å². The van der Waals surface area contributed by atoms with Crippen LogP contribution in [-0.2, 0) is 14.8 Å². The van der Waals surface area contributed by atoms with E-state index in [9.17, 15) is 23.3 Å². The van der Waals surface area contributed by atoms with Gasteiger partial charge in [-0.15, -0.1) is 0 Å². The monoisotopic (exact) mass is 334 g/mol. The number of rotatable bonds is 6. The summed E-state index contributed by atoms with van der Waals surface area (Å²) in [7, 11) is -4.13. The van der Waals surface area contributed by atoms with Gasteiger partial charge in [-0.3, -0.25) is 14.9 Å². The number of nitro benzene ring substituents is 1. The third-order valence-electron chi connectivity index (χ3n) is 2.58. The molecule has 1 aromatic carbocycles. The second-order valence-electron chi connectivity index (χ2n) is 4.80. The molecular weight excluding hydrogens is 320 g/mol. The van der Waals surface area contributed by atoms with Crippen LogP contribution in [0.15, 0.2) is 29.2 Å². The van der Waals surface area contributed by atoms with E-state index in [0.29, 0.717) is 0 Å². The van der Waals surface area contributed by atoms with E-state index in [1.54, 1.807) is 0 Å². The van der Waals surface area contributed by atoms with Crippen LogP contribution in [0.1, 0.15) is 13.8 Å². The molecule has 21 heavy (non-hydrogen) atoms. The van der Waals surface area contributed by atoms with Crippen LogP contribution in [0, 0.1) is 10.1 Å². The Morgan fingerprint density at radius 2 is 1.86 bits per heavy atom. The van der Waals surface area contributed by atoms with Gasteiger partial charge in [-0.05, 0) is 26.0 Å². The lowest BCUT2D eigenvalue weighted by Gasteiger charge is -2.26. The third kappa shape index (κ3) is 4.41. The second-order valence-corrected chi connectivity index (χ2v) is 7.66. The Morgan fingerprint density at radius 3 is 2.19 bits per heavy atom. The Morgan fingerprint density at radius 1 is 1.38 bits per heavy atom. The summed E-state index contributed by atoms with van der Waals surface area (Å²) in [6.45, 7) is 2.90. The van der Waals surface area contributed by atoms with Crippen molar-refractivity contribution < 1.29 is 23.2 Å². The molecule has 1 rings (SSSR count). The topological polar surface area (TPSA) is 127 Å². The molecule has 0 aliphatic carbocycles. The number of hydrogen-bond donors (Lipinski definition) is 3. The van der Waals surface area contributed by atoms with Gasteiger partial charge in [0.2, 0.25) is 10.0 Å². The average molecular weight is 334 g/mol. The van der Waals surface area contributed by atoms with Gasteiger partial charge in [0.05, 0.1) is 9.82 Å². The number of aliphatic carboxylic acids is 1. The van der Waals surface area contributed by atoms with Crippen LogP contribution in [0.5, 0.6) is 0 Å². The fraction of sp³-hybridized carbons (Fsp3) is 0.364. The Labute approximate surface area is 126 Å². The molecule has 10 heteroatoms. The molecule has 0 spiro atoms. The molecule has 8 nitrogen and oxygen atoms in total. The van der Waals surface area contributed by atoms with Crippen molar-refractivity contribution in [3.8, 4) is 0 Å². The lowest BCUT2D eigenvalue weighted by Crippen LogP contribution is -2.51. The van der Waals surface area contributed by atoms with E-state index in [-0.39, 0.29) is 10.6 Å². The highest BCUT2D eigenvalue weighted by Crippen LogP contribution is 2.21. The Kier molecular flexibility index (Phi) is 4.97. The molecular formula is C11H14N2O6S2. The molecule has 0 amide bonds. The number of carboxylic acid groups (broad SMARTS) is 1. The summed E-state index contributed by atoms with van der Waals surface area (Å²) in [6, 6.07) is 2.66. The molecule has 0 bridgehead atoms. The molecule has 116 valence electrons. The first-order valence-corrected chi connectivity index (χ1v) is 7.60. The zero-order valence-electron chi connectivity index (χ0n) is 11.2. The number of carboxylic acids is 1. The highest BCUT2D eigenvalue weighted by Gasteiger charge is 2.36. The highest BCUT2D eigenvalue weighted by atomic mass is 32.2. The lowest BCUT2D eigenvalue weighted by molar-refractivity contribution is -0.384. The van der Waals surface area contributed by atoms with Gasteiger partial charge in [0.25, 0.3) is 5.69 Å². The summed E-state index contributed by atoms with van der Waals surface area (Å²) < 4.78 is 25.1. The van der Waals surface area contributed by atoms with Gasteiger partial charge in [0.15, 0.2) is 0 Å². The zero-order chi connectivity index (χ0) is 16.4. The highest BCUT2D eigenvalue weighted by molar-refractivity contribution is 7.89. The standard InChI is InChI=1S/C11H14N2O6S2/c1-11(2,20)9(10(14)15)12-21(18,19)8-5-3-7(4-6-8)13(16)17/h3-6,9,12,20H,1-2H3,(H,14,15)/t9-/m1/s1. The molecule has 0 aliphatic heterocycles. The maximum Gasteiger partial charge on any atom is 0.323 e. The van der Waals surface area contributed by atoms with Crippen LogP contribution in [0.3, 0.4) is 0 Å². The summed E-state index contributed by atoms with van der Waals surface area (Å²) >= 11 is 4.06. The number of nitro groups is 1. The van der Waals surface area contributed by atoms with Gasteiger partial charge in [-0.25, -0.2) is 8.42 Å². The van der Waals surface area contributed by atoms with Crippen LogP contribution in [-0.4, -0.2) is 35.2 Å². The first-order chi connectivity index (χ1) is 9.45. The van der Waals surface area contributed by atoms with Crippen molar-refractivity contribution in [2.24, 2.45) is 0 Å². The van der Waals surface area contributed by atoms with Gasteiger partial charge >= 0.3 is 5.97 Å². The van der Waals surface area contributed by atoms with E-state index < -0.39 is 31.7 Å². The normalized spacial score (nSPS) is 13.7. The smallest absolute Gasteiger partial charge is 0.323 e. The quantitative estimate of drug-likeness (QED) is 0.405. The number of benzene rings is 1. The summed E-state index contributed by atoms with van der Waals surface area (Å²) in [4.78, 5) is 20.7. The number of nitrogens with zero attached hydrogens (tertiary/aromatic N) is 1. The van der Waals surface area contributed by atoms with Gasteiger partial charge in [0, 0.05) is 16.9 Å². The predicted molar refractivity (Wildman–Crippen MR) is 77.9 cm³/mol. The van der Waals surface area contributed by atoms with Crippen LogP contribution >= 0.6 is 12.6 Å². The van der Waals surface area contributed by atoms with E-state index >= 15 is 0 Å². The fourth-order valence-electron chi connectivity index (χ4n) is 1.47. The third-order valence-corrected chi connectivity index (χ3v) is 4.28. The van der Waals surface area contributed by atoms with E-state index in [4.69, 9.17) is 5.11 Å². The minimum atomic E-state index is -4.13. The Bertz CT molecular complexity index is 648. The van der Waals surface area contributed by atoms with E-state index in [1.165, 1.54) is 13.8 Å². The largest absolute Gasteiger partial charge is 0.480 e. The number of sulfonamides is 1. The van der Waals surface area contributed by atoms with E-state index in [2.05, 4.69) is 12.6 Å². The molecule has 0 saturated carbocycles. The molecule has 0 aromatic heterocycles. The summed E-state index contributed by atoms with van der Waals surface area (Å²) in [6.07, 6.45) is 0. The number of non-ortho nitro benzene ring substituents is 1. The zero-order valence-corrected chi connectivity index (χ0v) is 12.9. The molecule has 0 fully saturated rings. The molecule has 1 aromatic rings. The Hall–Kier alpha value is -1.65. The average Bonchev–Trinajstić information content (AvgIpc) is 2.34. The molecule has 0 aliphatic rings.